The Labute approximate surface area is 139 Å². The largest absolute Gasteiger partial charge is 0.340 e. The minimum atomic E-state index is -3.36. The first-order valence-electron chi connectivity index (χ1n) is 7.29. The van der Waals surface area contributed by atoms with E-state index in [0.717, 1.165) is 34.6 Å². The molecule has 0 bridgehead atoms. The van der Waals surface area contributed by atoms with Gasteiger partial charge in [-0.25, -0.2) is 8.42 Å². The van der Waals surface area contributed by atoms with Gasteiger partial charge in [0.05, 0.1) is 18.0 Å². The number of nitrogens with zero attached hydrogens (tertiary/aromatic N) is 4. The summed E-state index contributed by atoms with van der Waals surface area (Å²) < 4.78 is 33.2. The Kier molecular flexibility index (Phi) is 4.35. The Morgan fingerprint density at radius 1 is 1.39 bits per heavy atom. The van der Waals surface area contributed by atoms with Crippen LogP contribution in [-0.4, -0.2) is 58.2 Å². The van der Waals surface area contributed by atoms with Crippen LogP contribution in [0.2, 0.25) is 0 Å². The Morgan fingerprint density at radius 2 is 2.13 bits per heavy atom. The van der Waals surface area contributed by atoms with Crippen molar-refractivity contribution in [2.45, 2.75) is 25.4 Å². The van der Waals surface area contributed by atoms with Crippen LogP contribution < -0.4 is 0 Å². The summed E-state index contributed by atoms with van der Waals surface area (Å²) >= 11 is 1.16. The molecule has 124 valence electrons. The van der Waals surface area contributed by atoms with Gasteiger partial charge in [0.25, 0.3) is 0 Å². The van der Waals surface area contributed by atoms with Gasteiger partial charge < -0.3 is 4.90 Å². The maximum absolute atomic E-state index is 12.6. The summed E-state index contributed by atoms with van der Waals surface area (Å²) in [7, 11) is -1.66. The first kappa shape index (κ1) is 16.3. The summed E-state index contributed by atoms with van der Waals surface area (Å²) in [5.74, 6) is -0.163. The van der Waals surface area contributed by atoms with E-state index in [2.05, 4.69) is 8.75 Å². The van der Waals surface area contributed by atoms with Gasteiger partial charge in [-0.1, -0.05) is 6.07 Å². The lowest BCUT2D eigenvalue weighted by Crippen LogP contribution is -2.45. The summed E-state index contributed by atoms with van der Waals surface area (Å²) in [6, 6.07) is 5.12. The maximum Gasteiger partial charge on any atom is 0.241 e. The summed E-state index contributed by atoms with van der Waals surface area (Å²) in [6.07, 6.45) is 2.45. The number of rotatable bonds is 4. The van der Waals surface area contributed by atoms with E-state index in [-0.39, 0.29) is 5.91 Å². The lowest BCUT2D eigenvalue weighted by atomic mass is 10.1. The number of fused-ring (bicyclic) bond motifs is 1. The Balaban J connectivity index is 1.74. The minimum absolute atomic E-state index is 0.163. The predicted octanol–water partition coefficient (Wildman–Crippen LogP) is 1.07. The molecule has 1 atom stereocenters. The fourth-order valence-electron chi connectivity index (χ4n) is 2.92. The molecule has 0 N–H and O–H groups in total. The predicted molar refractivity (Wildman–Crippen MR) is 88.5 cm³/mol. The Hall–Kier alpha value is -1.58. The zero-order valence-electron chi connectivity index (χ0n) is 13.0. The molecule has 0 spiro atoms. The Bertz CT molecular complexity index is 833. The summed E-state index contributed by atoms with van der Waals surface area (Å²) in [5, 5.41) is 0. The number of benzene rings is 1. The molecule has 0 aliphatic carbocycles. The molecule has 1 aromatic carbocycles. The molecule has 2 aromatic rings. The highest BCUT2D eigenvalue weighted by molar-refractivity contribution is 7.88. The van der Waals surface area contributed by atoms with E-state index in [1.807, 2.05) is 18.2 Å². The molecule has 0 saturated carbocycles. The molecule has 1 aliphatic heterocycles. The summed E-state index contributed by atoms with van der Waals surface area (Å²) in [5.41, 5.74) is 2.60. The van der Waals surface area contributed by atoms with E-state index in [4.69, 9.17) is 0 Å². The molecule has 9 heteroatoms. The van der Waals surface area contributed by atoms with Gasteiger partial charge in [-0.3, -0.25) is 4.79 Å². The van der Waals surface area contributed by atoms with E-state index >= 15 is 0 Å². The van der Waals surface area contributed by atoms with E-state index < -0.39 is 16.1 Å². The van der Waals surface area contributed by atoms with Gasteiger partial charge in [0.15, 0.2) is 0 Å². The van der Waals surface area contributed by atoms with Gasteiger partial charge in [-0.05, 0) is 30.5 Å². The van der Waals surface area contributed by atoms with Crippen LogP contribution in [0.1, 0.15) is 18.4 Å². The molecule has 1 amide bonds. The van der Waals surface area contributed by atoms with Crippen LogP contribution in [-0.2, 0) is 21.4 Å². The Morgan fingerprint density at radius 3 is 2.87 bits per heavy atom. The third-order valence-corrected chi connectivity index (χ3v) is 5.87. The molecule has 1 aromatic heterocycles. The van der Waals surface area contributed by atoms with Gasteiger partial charge in [0.1, 0.15) is 17.1 Å². The van der Waals surface area contributed by atoms with E-state index in [1.54, 1.807) is 11.9 Å². The molecule has 7 nitrogen and oxygen atoms in total. The highest BCUT2D eigenvalue weighted by Gasteiger charge is 2.37. The smallest absolute Gasteiger partial charge is 0.241 e. The average Bonchev–Trinajstić information content (AvgIpc) is 3.14. The van der Waals surface area contributed by atoms with Crippen molar-refractivity contribution in [2.75, 3.05) is 19.8 Å². The van der Waals surface area contributed by atoms with Crippen LogP contribution in [0.4, 0.5) is 0 Å². The van der Waals surface area contributed by atoms with Crippen molar-refractivity contribution in [3.05, 3.63) is 23.8 Å². The molecule has 1 saturated heterocycles. The molecule has 0 radical (unpaired) electrons. The third-order valence-electron chi connectivity index (χ3n) is 4.03. The first-order valence-corrected chi connectivity index (χ1v) is 9.87. The molecule has 2 heterocycles. The van der Waals surface area contributed by atoms with E-state index in [9.17, 15) is 13.2 Å². The monoisotopic (exact) mass is 354 g/mol. The second kappa shape index (κ2) is 6.14. The number of carbonyl (C=O) groups is 1. The highest BCUT2D eigenvalue weighted by atomic mass is 32.2. The van der Waals surface area contributed by atoms with Gasteiger partial charge >= 0.3 is 0 Å². The second-order valence-corrected chi connectivity index (χ2v) is 8.28. The fraction of sp³-hybridized carbons (Fsp3) is 0.500. The van der Waals surface area contributed by atoms with Crippen molar-refractivity contribution >= 4 is 38.7 Å². The van der Waals surface area contributed by atoms with Crippen LogP contribution in [0, 0.1) is 0 Å². The molecular weight excluding hydrogens is 336 g/mol. The number of amides is 1. The van der Waals surface area contributed by atoms with Gasteiger partial charge in [-0.2, -0.15) is 13.1 Å². The maximum atomic E-state index is 12.6. The lowest BCUT2D eigenvalue weighted by Gasteiger charge is -2.26. The fourth-order valence-corrected chi connectivity index (χ4v) is 4.55. The van der Waals surface area contributed by atoms with Gasteiger partial charge in [-0.15, -0.1) is 0 Å². The number of sulfonamides is 1. The first-order chi connectivity index (χ1) is 10.9. The zero-order valence-corrected chi connectivity index (χ0v) is 14.6. The molecule has 0 unspecified atom stereocenters. The van der Waals surface area contributed by atoms with Crippen LogP contribution in [0.15, 0.2) is 18.2 Å². The third kappa shape index (κ3) is 3.36. The normalized spacial score (nSPS) is 19.3. The van der Waals surface area contributed by atoms with Crippen LogP contribution in [0.3, 0.4) is 0 Å². The number of carbonyl (C=O) groups excluding carboxylic acids is 1. The summed E-state index contributed by atoms with van der Waals surface area (Å²) in [4.78, 5) is 14.2. The van der Waals surface area contributed by atoms with Crippen molar-refractivity contribution in [1.82, 2.24) is 18.0 Å². The van der Waals surface area contributed by atoms with Crippen LogP contribution >= 0.6 is 11.7 Å². The summed E-state index contributed by atoms with van der Waals surface area (Å²) in [6.45, 7) is 0.833. The topological polar surface area (TPSA) is 83.5 Å². The highest BCUT2D eigenvalue weighted by Crippen LogP contribution is 2.23. The average molecular weight is 354 g/mol. The molecule has 3 rings (SSSR count). The van der Waals surface area contributed by atoms with Crippen LogP contribution in [0.25, 0.3) is 11.0 Å². The standard InChI is InChI=1S/C14H18N4O3S2/c1-17(9-10-5-6-11-12(8-10)16-22-15-11)14(19)13-4-3-7-18(13)23(2,20)21/h5-6,8,13H,3-4,7,9H2,1-2H3/t13-/m0/s1. The van der Waals surface area contributed by atoms with Gasteiger partial charge in [0, 0.05) is 20.1 Å². The van der Waals surface area contributed by atoms with Gasteiger partial charge in [0.2, 0.25) is 15.9 Å². The number of aromatic nitrogens is 2. The molecule has 1 aliphatic rings. The van der Waals surface area contributed by atoms with Crippen molar-refractivity contribution in [2.24, 2.45) is 0 Å². The minimum Gasteiger partial charge on any atom is -0.340 e. The zero-order chi connectivity index (χ0) is 16.6. The van der Waals surface area contributed by atoms with Crippen molar-refractivity contribution in [3.8, 4) is 0 Å². The van der Waals surface area contributed by atoms with E-state index in [0.29, 0.717) is 25.9 Å². The number of hydrogen-bond acceptors (Lipinski definition) is 6. The second-order valence-electron chi connectivity index (χ2n) is 5.81. The molecular formula is C14H18N4O3S2. The quantitative estimate of drug-likeness (QED) is 0.820. The van der Waals surface area contributed by atoms with E-state index in [1.165, 1.54) is 4.31 Å². The van der Waals surface area contributed by atoms with Crippen molar-refractivity contribution < 1.29 is 13.2 Å². The SMILES string of the molecule is CN(Cc1ccc2nsnc2c1)C(=O)[C@@H]1CCCN1S(C)(=O)=O. The number of hydrogen-bond donors (Lipinski definition) is 0. The van der Waals surface area contributed by atoms with Crippen molar-refractivity contribution in [1.29, 1.82) is 0 Å². The number of likely N-dealkylation sites (N-methyl/N-ethyl adjacent to an activating group) is 1. The molecule has 1 fully saturated rings. The molecule has 23 heavy (non-hydrogen) atoms. The van der Waals surface area contributed by atoms with Crippen LogP contribution in [0.5, 0.6) is 0 Å². The van der Waals surface area contributed by atoms with Crippen molar-refractivity contribution in [3.63, 3.8) is 0 Å². The lowest BCUT2D eigenvalue weighted by molar-refractivity contribution is -0.133.